The summed E-state index contributed by atoms with van der Waals surface area (Å²) in [5.41, 5.74) is 10.9. The molecular formula is C29H22N2+2. The Bertz CT molecular complexity index is 1430. The third-order valence-electron chi connectivity index (χ3n) is 6.03. The van der Waals surface area contributed by atoms with E-state index in [4.69, 9.17) is 0 Å². The molecule has 0 saturated carbocycles. The van der Waals surface area contributed by atoms with Gasteiger partial charge in [-0.15, -0.1) is 0 Å². The van der Waals surface area contributed by atoms with Crippen LogP contribution >= 0.6 is 0 Å². The molecule has 0 amide bonds. The molecule has 146 valence electrons. The van der Waals surface area contributed by atoms with Crippen LogP contribution in [0, 0.1) is 6.92 Å². The van der Waals surface area contributed by atoms with Gasteiger partial charge >= 0.3 is 0 Å². The van der Waals surface area contributed by atoms with Gasteiger partial charge in [0, 0.05) is 35.9 Å². The summed E-state index contributed by atoms with van der Waals surface area (Å²) >= 11 is 0. The topological polar surface area (TPSA) is 7.76 Å². The van der Waals surface area contributed by atoms with Crippen molar-refractivity contribution in [2.24, 2.45) is 0 Å². The summed E-state index contributed by atoms with van der Waals surface area (Å²) in [4.78, 5) is 0. The highest BCUT2D eigenvalue weighted by Crippen LogP contribution is 2.33. The smallest absolute Gasteiger partial charge is 0.159 e. The molecule has 1 aliphatic heterocycles. The Hall–Kier alpha value is -4.04. The van der Waals surface area contributed by atoms with Crippen molar-refractivity contribution in [1.29, 1.82) is 0 Å². The van der Waals surface area contributed by atoms with Gasteiger partial charge in [-0.05, 0) is 48.4 Å². The monoisotopic (exact) mass is 398 g/mol. The summed E-state index contributed by atoms with van der Waals surface area (Å²) in [6.07, 6.45) is 4.41. The molecule has 0 atom stereocenters. The van der Waals surface area contributed by atoms with Gasteiger partial charge in [0.25, 0.3) is 0 Å². The minimum atomic E-state index is 1.18. The van der Waals surface area contributed by atoms with Gasteiger partial charge in [-0.3, -0.25) is 0 Å². The largest absolute Gasteiger partial charge is 0.225 e. The SMILES string of the molecule is Cc1ccc2[n+](c1)-c1ccccc1-c1cccc[n+]1-c1ccc(-c3ccccc3)cc1-2. The van der Waals surface area contributed by atoms with Crippen LogP contribution < -0.4 is 9.13 Å². The van der Waals surface area contributed by atoms with Crippen LogP contribution in [0.25, 0.3) is 45.0 Å². The predicted octanol–water partition coefficient (Wildman–Crippen LogP) is 5.86. The average Bonchev–Trinajstić information content (AvgIpc) is 2.83. The molecule has 0 N–H and O–H groups in total. The number of pyridine rings is 2. The summed E-state index contributed by atoms with van der Waals surface area (Å²) in [6, 6.07) is 36.9. The molecule has 2 nitrogen and oxygen atoms in total. The number of rotatable bonds is 1. The normalized spacial score (nSPS) is 11.4. The first-order valence-electron chi connectivity index (χ1n) is 10.6. The van der Waals surface area contributed by atoms with E-state index in [1.54, 1.807) is 0 Å². The van der Waals surface area contributed by atoms with Gasteiger partial charge in [0.1, 0.15) is 11.1 Å². The first-order valence-corrected chi connectivity index (χ1v) is 10.6. The van der Waals surface area contributed by atoms with Crippen molar-refractivity contribution in [2.75, 3.05) is 0 Å². The summed E-state index contributed by atoms with van der Waals surface area (Å²) < 4.78 is 4.65. The van der Waals surface area contributed by atoms with Crippen molar-refractivity contribution in [3.05, 3.63) is 121 Å². The highest BCUT2D eigenvalue weighted by atomic mass is 15.0. The van der Waals surface area contributed by atoms with E-state index in [2.05, 4.69) is 132 Å². The average molecular weight is 399 g/mol. The van der Waals surface area contributed by atoms with Gasteiger partial charge in [0.05, 0.1) is 0 Å². The Morgan fingerprint density at radius 1 is 0.516 bits per heavy atom. The summed E-state index contributed by atoms with van der Waals surface area (Å²) in [5, 5.41) is 0. The molecule has 31 heavy (non-hydrogen) atoms. The van der Waals surface area contributed by atoms with Crippen LogP contribution in [0.5, 0.6) is 0 Å². The lowest BCUT2D eigenvalue weighted by Gasteiger charge is -2.15. The Kier molecular flexibility index (Phi) is 4.03. The number of nitrogens with zero attached hydrogens (tertiary/aromatic N) is 2. The third-order valence-corrected chi connectivity index (χ3v) is 6.03. The van der Waals surface area contributed by atoms with Gasteiger partial charge in [-0.2, -0.15) is 9.13 Å². The van der Waals surface area contributed by atoms with E-state index >= 15 is 0 Å². The fourth-order valence-corrected chi connectivity index (χ4v) is 4.56. The van der Waals surface area contributed by atoms with Crippen LogP contribution in [-0.2, 0) is 0 Å². The molecule has 0 bridgehead atoms. The second-order valence-corrected chi connectivity index (χ2v) is 8.03. The fraction of sp³-hybridized carbons (Fsp3) is 0.0345. The highest BCUT2D eigenvalue weighted by Gasteiger charge is 2.32. The van der Waals surface area contributed by atoms with Crippen LogP contribution in [0.2, 0.25) is 0 Å². The van der Waals surface area contributed by atoms with Crippen molar-refractivity contribution in [1.82, 2.24) is 0 Å². The Balaban J connectivity index is 1.74. The summed E-state index contributed by atoms with van der Waals surface area (Å²) in [7, 11) is 0. The van der Waals surface area contributed by atoms with E-state index in [0.717, 1.165) is 0 Å². The van der Waals surface area contributed by atoms with Crippen LogP contribution in [0.4, 0.5) is 0 Å². The number of hydrogen-bond acceptors (Lipinski definition) is 0. The molecule has 0 unspecified atom stereocenters. The maximum Gasteiger partial charge on any atom is 0.225 e. The van der Waals surface area contributed by atoms with E-state index < -0.39 is 0 Å². The third kappa shape index (κ3) is 2.88. The maximum absolute atomic E-state index is 2.34. The van der Waals surface area contributed by atoms with Crippen molar-refractivity contribution in [2.45, 2.75) is 6.92 Å². The highest BCUT2D eigenvalue weighted by molar-refractivity contribution is 5.77. The Labute approximate surface area is 182 Å². The predicted molar refractivity (Wildman–Crippen MR) is 124 cm³/mol. The molecule has 2 aromatic heterocycles. The first kappa shape index (κ1) is 17.8. The van der Waals surface area contributed by atoms with E-state index in [1.165, 1.54) is 50.6 Å². The Morgan fingerprint density at radius 3 is 2.16 bits per heavy atom. The first-order chi connectivity index (χ1) is 15.3. The number of aryl methyl sites for hydroxylation is 1. The van der Waals surface area contributed by atoms with Crippen LogP contribution in [-0.4, -0.2) is 0 Å². The molecule has 0 fully saturated rings. The Morgan fingerprint density at radius 2 is 1.26 bits per heavy atom. The second-order valence-electron chi connectivity index (χ2n) is 8.03. The van der Waals surface area contributed by atoms with Crippen molar-refractivity contribution in [3.8, 4) is 45.0 Å². The van der Waals surface area contributed by atoms with Gasteiger partial charge in [0.15, 0.2) is 12.4 Å². The van der Waals surface area contributed by atoms with Gasteiger partial charge in [-0.25, -0.2) is 0 Å². The number of para-hydroxylation sites is 1. The standard InChI is InChI=1S/C29H22N2/c1-21-14-16-29-25-19-23(22-9-3-2-4-10-22)15-17-28(25)30-18-8-7-13-26(30)24-11-5-6-12-27(24)31(29)20-21/h2-20H,1H3/q+2. The molecular weight excluding hydrogens is 376 g/mol. The molecule has 3 aromatic carbocycles. The lowest BCUT2D eigenvalue weighted by Crippen LogP contribution is -2.41. The molecule has 0 saturated heterocycles. The van der Waals surface area contributed by atoms with Crippen molar-refractivity contribution < 1.29 is 9.13 Å². The van der Waals surface area contributed by atoms with Crippen LogP contribution in [0.15, 0.2) is 116 Å². The van der Waals surface area contributed by atoms with Crippen LogP contribution in [0.1, 0.15) is 5.56 Å². The zero-order valence-corrected chi connectivity index (χ0v) is 17.4. The van der Waals surface area contributed by atoms with Gasteiger partial charge in [-0.1, -0.05) is 42.5 Å². The lowest BCUT2D eigenvalue weighted by molar-refractivity contribution is -0.598. The molecule has 0 spiro atoms. The number of fused-ring (bicyclic) bond motifs is 8. The molecule has 0 radical (unpaired) electrons. The van der Waals surface area contributed by atoms with E-state index in [9.17, 15) is 0 Å². The lowest BCUT2D eigenvalue weighted by atomic mass is 9.97. The van der Waals surface area contributed by atoms with E-state index in [0.29, 0.717) is 0 Å². The quantitative estimate of drug-likeness (QED) is 0.306. The zero-order chi connectivity index (χ0) is 20.8. The number of hydrogen-bond donors (Lipinski definition) is 0. The molecule has 2 heteroatoms. The van der Waals surface area contributed by atoms with E-state index in [-0.39, 0.29) is 0 Å². The van der Waals surface area contributed by atoms with E-state index in [1.807, 2.05) is 0 Å². The summed E-state index contributed by atoms with van der Waals surface area (Å²) in [6.45, 7) is 2.15. The number of benzene rings is 3. The minimum Gasteiger partial charge on any atom is -0.159 e. The fourth-order valence-electron chi connectivity index (χ4n) is 4.56. The van der Waals surface area contributed by atoms with Crippen molar-refractivity contribution >= 4 is 0 Å². The molecule has 6 rings (SSSR count). The summed E-state index contributed by atoms with van der Waals surface area (Å²) in [5.74, 6) is 0. The van der Waals surface area contributed by atoms with Crippen LogP contribution in [0.3, 0.4) is 0 Å². The molecule has 0 aliphatic carbocycles. The van der Waals surface area contributed by atoms with Gasteiger partial charge < -0.3 is 0 Å². The molecule has 3 heterocycles. The molecule has 1 aliphatic rings. The second kappa shape index (κ2) is 7.03. The zero-order valence-electron chi connectivity index (χ0n) is 17.4. The maximum atomic E-state index is 2.34. The van der Waals surface area contributed by atoms with Gasteiger partial charge in [0.2, 0.25) is 22.8 Å². The van der Waals surface area contributed by atoms with Crippen molar-refractivity contribution in [3.63, 3.8) is 0 Å². The number of aromatic nitrogens is 2. The molecule has 5 aromatic rings. The minimum absolute atomic E-state index is 1.18.